The molecule has 1 unspecified atom stereocenters. The van der Waals surface area contributed by atoms with Crippen molar-refractivity contribution < 1.29 is 43.2 Å². The van der Waals surface area contributed by atoms with Gasteiger partial charge in [-0.25, -0.2) is 9.59 Å². The van der Waals surface area contributed by atoms with Gasteiger partial charge < -0.3 is 40.0 Å². The molecular weight excluding hydrogens is 857 g/mol. The lowest BCUT2D eigenvalue weighted by Gasteiger charge is -2.29. The van der Waals surface area contributed by atoms with E-state index in [1.807, 2.05) is 29.5 Å². The third-order valence-electron chi connectivity index (χ3n) is 6.98. The molecule has 0 radical (unpaired) electrons. The molecule has 0 fully saturated rings. The average molecular weight is 897 g/mol. The van der Waals surface area contributed by atoms with Crippen LogP contribution >= 0.6 is 54.5 Å². The third kappa shape index (κ3) is 11.2. The zero-order valence-corrected chi connectivity index (χ0v) is 32.3. The van der Waals surface area contributed by atoms with Gasteiger partial charge in [-0.3, -0.25) is 9.59 Å². The Morgan fingerprint density at radius 3 is 2.32 bits per heavy atom. The summed E-state index contributed by atoms with van der Waals surface area (Å²) < 4.78 is 23.9. The average Bonchev–Trinajstić information content (AvgIpc) is 2.97. The SMILES string of the molecule is CCCCOC(C)[C@@H]1NC(=O)[C@@H](NC(=O)OC(C)(C)C)Cc2cc(I)c(O)c(c2)Oc2c(Br)cc(cc2Br)C[C@@H](C(=O)OC)NC1=O. The maximum Gasteiger partial charge on any atom is 0.408 e. The quantitative estimate of drug-likeness (QED) is 0.156. The van der Waals surface area contributed by atoms with E-state index in [2.05, 4.69) is 47.8 Å². The van der Waals surface area contributed by atoms with Gasteiger partial charge in [0.1, 0.15) is 23.7 Å². The number of carbonyl (C=O) groups excluding carboxylic acids is 4. The Balaban J connectivity index is 2.18. The molecule has 4 bridgehead atoms. The van der Waals surface area contributed by atoms with E-state index in [1.54, 1.807) is 52.0 Å². The summed E-state index contributed by atoms with van der Waals surface area (Å²) >= 11 is 8.99. The highest BCUT2D eigenvalue weighted by atomic mass is 127. The Kier molecular flexibility index (Phi) is 14.2. The van der Waals surface area contributed by atoms with Gasteiger partial charge in [0.05, 0.1) is 25.7 Å². The van der Waals surface area contributed by atoms with Gasteiger partial charge in [-0.15, -0.1) is 0 Å². The lowest BCUT2D eigenvalue weighted by molar-refractivity contribution is -0.146. The molecule has 4 N–H and O–H groups in total. The van der Waals surface area contributed by atoms with Crippen molar-refractivity contribution >= 4 is 78.3 Å². The lowest BCUT2D eigenvalue weighted by Crippen LogP contribution is -2.60. The normalized spacial score (nSPS) is 19.5. The van der Waals surface area contributed by atoms with Crippen LogP contribution in [0.2, 0.25) is 0 Å². The number of carbonyl (C=O) groups is 4. The number of amides is 3. The number of aromatic hydroxyl groups is 1. The molecule has 0 spiro atoms. The standard InChI is InChI=1S/C32H40Br2IN3O9/c1-7-8-9-45-16(2)25-29(41)36-23(30(42)44-6)14-17-10-19(33)27(20(34)11-17)46-24-15-18(12-21(35)26(24)39)13-22(28(40)38-25)37-31(43)47-32(3,4)5/h10-12,15-16,22-23,25,39H,7-9,13-14H2,1-6H3,(H,36,41)(H,37,43)(H,38,40)/t16?,22-,23-,25-/m0/s1. The number of alkyl carbamates (subject to hydrolysis) is 1. The molecule has 12 nitrogen and oxygen atoms in total. The number of benzene rings is 2. The van der Waals surface area contributed by atoms with Crippen molar-refractivity contribution in [3.05, 3.63) is 47.9 Å². The van der Waals surface area contributed by atoms with E-state index >= 15 is 0 Å². The molecule has 2 aromatic carbocycles. The van der Waals surface area contributed by atoms with Crippen LogP contribution in [-0.2, 0) is 41.4 Å². The summed E-state index contributed by atoms with van der Waals surface area (Å²) in [6.07, 6.45) is -0.120. The van der Waals surface area contributed by atoms with Crippen LogP contribution in [0.1, 0.15) is 58.6 Å². The fourth-order valence-corrected chi connectivity index (χ4v) is 6.76. The molecule has 258 valence electrons. The minimum absolute atomic E-state index is 0.0308. The van der Waals surface area contributed by atoms with Crippen molar-refractivity contribution in [2.24, 2.45) is 0 Å². The van der Waals surface area contributed by atoms with Gasteiger partial charge in [0, 0.05) is 19.4 Å². The molecule has 3 amide bonds. The summed E-state index contributed by atoms with van der Waals surface area (Å²) in [6.45, 7) is 9.05. The van der Waals surface area contributed by atoms with Gasteiger partial charge in [0.15, 0.2) is 17.2 Å². The number of nitrogens with one attached hydrogen (secondary N) is 3. The van der Waals surface area contributed by atoms with E-state index in [0.29, 0.717) is 36.0 Å². The minimum Gasteiger partial charge on any atom is -0.504 e. The predicted octanol–water partition coefficient (Wildman–Crippen LogP) is 5.65. The highest BCUT2D eigenvalue weighted by Crippen LogP contribution is 2.42. The zero-order chi connectivity index (χ0) is 35.1. The molecule has 2 aliphatic rings. The van der Waals surface area contributed by atoms with Gasteiger partial charge in [-0.2, -0.15) is 0 Å². The van der Waals surface area contributed by atoms with Crippen molar-refractivity contribution in [2.45, 2.75) is 90.1 Å². The number of ether oxygens (including phenoxy) is 4. The van der Waals surface area contributed by atoms with Crippen LogP contribution in [0.3, 0.4) is 0 Å². The van der Waals surface area contributed by atoms with Crippen LogP contribution < -0.4 is 20.7 Å². The number of hydrogen-bond donors (Lipinski definition) is 4. The van der Waals surface area contributed by atoms with E-state index in [1.165, 1.54) is 7.11 Å². The number of fused-ring (bicyclic) bond motifs is 10. The maximum absolute atomic E-state index is 13.9. The van der Waals surface area contributed by atoms with Crippen molar-refractivity contribution in [1.82, 2.24) is 16.0 Å². The second-order valence-electron chi connectivity index (χ2n) is 12.0. The van der Waals surface area contributed by atoms with E-state index < -0.39 is 53.7 Å². The van der Waals surface area contributed by atoms with Crippen LogP contribution in [0.15, 0.2) is 33.2 Å². The summed E-state index contributed by atoms with van der Waals surface area (Å²) in [5, 5.41) is 19.0. The maximum atomic E-state index is 13.9. The lowest BCUT2D eigenvalue weighted by atomic mass is 10.0. The van der Waals surface area contributed by atoms with Gasteiger partial charge in [0.2, 0.25) is 11.8 Å². The number of phenols is 1. The zero-order valence-electron chi connectivity index (χ0n) is 27.0. The largest absolute Gasteiger partial charge is 0.504 e. The van der Waals surface area contributed by atoms with Gasteiger partial charge in [-0.1, -0.05) is 13.3 Å². The summed E-state index contributed by atoms with van der Waals surface area (Å²) in [6, 6.07) is 3.04. The number of rotatable bonds is 7. The highest BCUT2D eigenvalue weighted by molar-refractivity contribution is 14.1. The van der Waals surface area contributed by atoms with Crippen molar-refractivity contribution in [1.29, 1.82) is 0 Å². The fraction of sp³-hybridized carbons (Fsp3) is 0.500. The molecule has 2 aliphatic heterocycles. The number of methoxy groups -OCH3 is 1. The van der Waals surface area contributed by atoms with Gasteiger partial charge >= 0.3 is 12.1 Å². The Morgan fingerprint density at radius 1 is 1.09 bits per heavy atom. The highest BCUT2D eigenvalue weighted by Gasteiger charge is 2.35. The van der Waals surface area contributed by atoms with Crippen LogP contribution in [0.25, 0.3) is 0 Å². The topological polar surface area (TPSA) is 162 Å². The first-order valence-corrected chi connectivity index (χ1v) is 17.7. The van der Waals surface area contributed by atoms with Gasteiger partial charge in [0.25, 0.3) is 0 Å². The Hall–Kier alpha value is -2.63. The number of unbranched alkanes of at least 4 members (excludes halogenated alkanes) is 1. The third-order valence-corrected chi connectivity index (χ3v) is 8.98. The summed E-state index contributed by atoms with van der Waals surface area (Å²) in [5.41, 5.74) is 0.318. The van der Waals surface area contributed by atoms with Gasteiger partial charge in [-0.05, 0) is 124 Å². The molecule has 0 saturated carbocycles. The van der Waals surface area contributed by atoms with Crippen LogP contribution in [0.4, 0.5) is 4.79 Å². The Labute approximate surface area is 304 Å². The molecule has 2 heterocycles. The summed E-state index contributed by atoms with van der Waals surface area (Å²) in [7, 11) is 1.21. The first-order valence-electron chi connectivity index (χ1n) is 15.0. The summed E-state index contributed by atoms with van der Waals surface area (Å²) in [5.74, 6) is -1.79. The first-order chi connectivity index (χ1) is 22.0. The molecule has 0 saturated heterocycles. The van der Waals surface area contributed by atoms with E-state index in [9.17, 15) is 24.3 Å². The van der Waals surface area contributed by atoms with E-state index in [4.69, 9.17) is 18.9 Å². The number of esters is 1. The summed E-state index contributed by atoms with van der Waals surface area (Å²) in [4.78, 5) is 53.6. The van der Waals surface area contributed by atoms with Crippen LogP contribution in [0, 0.1) is 3.57 Å². The molecule has 15 heteroatoms. The number of phenolic OH excluding ortho intramolecular Hbond substituents is 1. The van der Waals surface area contributed by atoms with Crippen LogP contribution in [0.5, 0.6) is 17.2 Å². The molecule has 0 aromatic heterocycles. The monoisotopic (exact) mass is 895 g/mol. The second kappa shape index (κ2) is 17.2. The van der Waals surface area contributed by atoms with Crippen molar-refractivity contribution in [2.75, 3.05) is 13.7 Å². The first kappa shape index (κ1) is 38.8. The smallest absolute Gasteiger partial charge is 0.408 e. The second-order valence-corrected chi connectivity index (χ2v) is 14.9. The van der Waals surface area contributed by atoms with E-state index in [-0.39, 0.29) is 24.3 Å². The molecule has 4 atom stereocenters. The Morgan fingerprint density at radius 2 is 1.72 bits per heavy atom. The molecule has 4 rings (SSSR count). The fourth-order valence-electron chi connectivity index (χ4n) is 4.65. The molecule has 47 heavy (non-hydrogen) atoms. The van der Waals surface area contributed by atoms with E-state index in [0.717, 1.165) is 12.8 Å². The minimum atomic E-state index is -1.26. The number of hydrogen-bond acceptors (Lipinski definition) is 9. The molecule has 2 aromatic rings. The van der Waals surface area contributed by atoms with Crippen molar-refractivity contribution in [3.8, 4) is 17.2 Å². The molecular formula is C32H40Br2IN3O9. The Bertz CT molecular complexity index is 1460. The predicted molar refractivity (Wildman–Crippen MR) is 190 cm³/mol. The molecule has 0 aliphatic carbocycles. The van der Waals surface area contributed by atoms with Crippen molar-refractivity contribution in [3.63, 3.8) is 0 Å². The number of halogens is 3. The van der Waals surface area contributed by atoms with Crippen LogP contribution in [-0.4, -0.2) is 72.5 Å².